The molecule has 5 nitrogen and oxygen atoms in total. The third kappa shape index (κ3) is 3.61. The lowest BCUT2D eigenvalue weighted by molar-refractivity contribution is -0.117. The molecule has 146 valence electrons. The molecular weight excluding hydrogens is 352 g/mol. The largest absolute Gasteiger partial charge is 0.465 e. The smallest absolute Gasteiger partial charge is 0.337 e. The Balaban J connectivity index is 1.64. The predicted octanol–water partition coefficient (Wildman–Crippen LogP) is 4.13. The Kier molecular flexibility index (Phi) is 5.33. The minimum Gasteiger partial charge on any atom is -0.465 e. The summed E-state index contributed by atoms with van der Waals surface area (Å²) in [7, 11) is 1.37. The summed E-state index contributed by atoms with van der Waals surface area (Å²) >= 11 is 0. The van der Waals surface area contributed by atoms with Crippen LogP contribution in [0, 0.1) is 0 Å². The van der Waals surface area contributed by atoms with E-state index in [0.29, 0.717) is 11.3 Å². The van der Waals surface area contributed by atoms with Gasteiger partial charge in [-0.1, -0.05) is 24.3 Å². The van der Waals surface area contributed by atoms with E-state index in [9.17, 15) is 9.59 Å². The normalized spacial score (nSPS) is 18.5. The highest BCUT2D eigenvalue weighted by atomic mass is 16.5. The van der Waals surface area contributed by atoms with Gasteiger partial charge in [0.2, 0.25) is 5.91 Å². The zero-order valence-corrected chi connectivity index (χ0v) is 16.2. The highest BCUT2D eigenvalue weighted by molar-refractivity contribution is 6.01. The van der Waals surface area contributed by atoms with Gasteiger partial charge in [-0.3, -0.25) is 4.79 Å². The van der Waals surface area contributed by atoms with Crippen LogP contribution in [0.1, 0.15) is 53.1 Å². The van der Waals surface area contributed by atoms with Crippen molar-refractivity contribution in [2.24, 2.45) is 0 Å². The molecule has 2 aliphatic rings. The minimum atomic E-state index is -0.397. The van der Waals surface area contributed by atoms with E-state index >= 15 is 0 Å². The van der Waals surface area contributed by atoms with E-state index < -0.39 is 5.97 Å². The van der Waals surface area contributed by atoms with Crippen molar-refractivity contribution in [3.63, 3.8) is 0 Å². The molecule has 1 aliphatic heterocycles. The number of carbonyl (C=O) groups excluding carboxylic acids is 2. The van der Waals surface area contributed by atoms with Crippen molar-refractivity contribution in [3.05, 3.63) is 59.2 Å². The van der Waals surface area contributed by atoms with Crippen LogP contribution in [0.25, 0.3) is 0 Å². The van der Waals surface area contributed by atoms with Crippen LogP contribution in [-0.4, -0.2) is 32.1 Å². The maximum absolute atomic E-state index is 13.2. The molecule has 0 saturated carbocycles. The van der Waals surface area contributed by atoms with Gasteiger partial charge >= 0.3 is 5.97 Å². The van der Waals surface area contributed by atoms with Gasteiger partial charge in [0.15, 0.2) is 0 Å². The van der Waals surface area contributed by atoms with E-state index in [1.54, 1.807) is 12.1 Å². The Morgan fingerprint density at radius 3 is 2.64 bits per heavy atom. The summed E-state index contributed by atoms with van der Waals surface area (Å²) in [5, 5.41) is 3.13. The first kappa shape index (κ1) is 18.5. The van der Waals surface area contributed by atoms with Gasteiger partial charge in [-0.2, -0.15) is 0 Å². The quantitative estimate of drug-likeness (QED) is 0.813. The third-order valence-corrected chi connectivity index (χ3v) is 5.81. The molecule has 1 heterocycles. The van der Waals surface area contributed by atoms with Crippen molar-refractivity contribution >= 4 is 23.3 Å². The standard InChI is InChI=1S/C23H26N2O3/c1-28-23(27)17-11-12-21(25-13-4-5-14-25)20(15-17)24-22(26)19-10-6-8-16-7-2-3-9-18(16)19/h2-3,7,9,11-12,15,19H,4-6,8,10,13-14H2,1H3,(H,24,26)/t19-/m1/s1. The molecule has 1 aliphatic carbocycles. The zero-order chi connectivity index (χ0) is 19.5. The highest BCUT2D eigenvalue weighted by Crippen LogP contribution is 2.35. The van der Waals surface area contributed by atoms with Gasteiger partial charge in [-0.15, -0.1) is 0 Å². The summed E-state index contributed by atoms with van der Waals surface area (Å²) in [6.07, 6.45) is 5.16. The van der Waals surface area contributed by atoms with Crippen LogP contribution in [-0.2, 0) is 16.0 Å². The second-order valence-corrected chi connectivity index (χ2v) is 7.55. The molecule has 28 heavy (non-hydrogen) atoms. The van der Waals surface area contributed by atoms with E-state index in [1.807, 2.05) is 18.2 Å². The Morgan fingerprint density at radius 1 is 1.07 bits per heavy atom. The number of nitrogens with one attached hydrogen (secondary N) is 1. The van der Waals surface area contributed by atoms with Gasteiger partial charge < -0.3 is 15.0 Å². The van der Waals surface area contributed by atoms with Crippen LogP contribution < -0.4 is 10.2 Å². The van der Waals surface area contributed by atoms with Crippen LogP contribution in [0.5, 0.6) is 0 Å². The number of hydrogen-bond donors (Lipinski definition) is 1. The number of amides is 1. The molecule has 5 heteroatoms. The summed E-state index contributed by atoms with van der Waals surface area (Å²) in [5.74, 6) is -0.556. The molecule has 1 N–H and O–H groups in total. The van der Waals surface area contributed by atoms with Crippen LogP contribution in [0.2, 0.25) is 0 Å². The number of carbonyl (C=O) groups is 2. The number of aryl methyl sites for hydroxylation is 1. The fourth-order valence-corrected chi connectivity index (χ4v) is 4.36. The zero-order valence-electron chi connectivity index (χ0n) is 16.2. The number of benzene rings is 2. The Hall–Kier alpha value is -2.82. The van der Waals surface area contributed by atoms with Crippen molar-refractivity contribution in [1.29, 1.82) is 0 Å². The second-order valence-electron chi connectivity index (χ2n) is 7.55. The molecule has 0 radical (unpaired) electrons. The Morgan fingerprint density at radius 2 is 1.86 bits per heavy atom. The number of ether oxygens (including phenoxy) is 1. The Labute approximate surface area is 165 Å². The average Bonchev–Trinajstić information content (AvgIpc) is 3.27. The first-order valence-electron chi connectivity index (χ1n) is 10.0. The van der Waals surface area contributed by atoms with Gasteiger partial charge in [-0.05, 0) is 61.4 Å². The Bertz CT molecular complexity index is 887. The van der Waals surface area contributed by atoms with Gasteiger partial charge in [0, 0.05) is 13.1 Å². The topological polar surface area (TPSA) is 58.6 Å². The molecule has 1 atom stereocenters. The second kappa shape index (κ2) is 8.05. The summed E-state index contributed by atoms with van der Waals surface area (Å²) in [6.45, 7) is 1.93. The molecule has 2 aromatic carbocycles. The number of fused-ring (bicyclic) bond motifs is 1. The van der Waals surface area contributed by atoms with Gasteiger partial charge in [0.1, 0.15) is 0 Å². The summed E-state index contributed by atoms with van der Waals surface area (Å²) in [6, 6.07) is 13.6. The summed E-state index contributed by atoms with van der Waals surface area (Å²) in [4.78, 5) is 27.5. The number of anilines is 2. The lowest BCUT2D eigenvalue weighted by Crippen LogP contribution is -2.27. The van der Waals surface area contributed by atoms with Crippen molar-refractivity contribution in [2.75, 3.05) is 30.4 Å². The number of methoxy groups -OCH3 is 1. The minimum absolute atomic E-state index is 0.00499. The van der Waals surface area contributed by atoms with Crippen LogP contribution in [0.15, 0.2) is 42.5 Å². The lowest BCUT2D eigenvalue weighted by Gasteiger charge is -2.27. The number of esters is 1. The molecule has 0 unspecified atom stereocenters. The molecule has 0 spiro atoms. The molecule has 1 fully saturated rings. The first-order chi connectivity index (χ1) is 13.7. The fraction of sp³-hybridized carbons (Fsp3) is 0.391. The van der Waals surface area contributed by atoms with E-state index in [4.69, 9.17) is 4.74 Å². The number of nitrogens with zero attached hydrogens (tertiary/aromatic N) is 1. The average molecular weight is 378 g/mol. The number of rotatable bonds is 4. The van der Waals surface area contributed by atoms with Crippen molar-refractivity contribution in [2.45, 2.75) is 38.0 Å². The van der Waals surface area contributed by atoms with E-state index in [1.165, 1.54) is 12.7 Å². The molecule has 1 saturated heterocycles. The van der Waals surface area contributed by atoms with Crippen molar-refractivity contribution in [3.8, 4) is 0 Å². The maximum Gasteiger partial charge on any atom is 0.337 e. The molecule has 1 amide bonds. The van der Waals surface area contributed by atoms with Gasteiger partial charge in [0.05, 0.1) is 30.0 Å². The SMILES string of the molecule is COC(=O)c1ccc(N2CCCC2)c(NC(=O)[C@@H]2CCCc3ccccc32)c1. The molecule has 2 aromatic rings. The van der Waals surface area contributed by atoms with E-state index in [2.05, 4.69) is 22.3 Å². The van der Waals surface area contributed by atoms with Crippen molar-refractivity contribution < 1.29 is 14.3 Å². The number of hydrogen-bond acceptors (Lipinski definition) is 4. The van der Waals surface area contributed by atoms with Gasteiger partial charge in [-0.25, -0.2) is 4.79 Å². The predicted molar refractivity (Wildman–Crippen MR) is 110 cm³/mol. The summed E-state index contributed by atoms with van der Waals surface area (Å²) < 4.78 is 4.86. The van der Waals surface area contributed by atoms with Crippen LogP contribution in [0.4, 0.5) is 11.4 Å². The lowest BCUT2D eigenvalue weighted by atomic mass is 9.82. The molecule has 0 bridgehead atoms. The monoisotopic (exact) mass is 378 g/mol. The van der Waals surface area contributed by atoms with E-state index in [0.717, 1.165) is 56.4 Å². The molecular formula is C23H26N2O3. The first-order valence-corrected chi connectivity index (χ1v) is 10.0. The van der Waals surface area contributed by atoms with Crippen LogP contribution in [0.3, 0.4) is 0 Å². The molecule has 4 rings (SSSR count). The van der Waals surface area contributed by atoms with Gasteiger partial charge in [0.25, 0.3) is 0 Å². The van der Waals surface area contributed by atoms with Crippen LogP contribution >= 0.6 is 0 Å². The fourth-order valence-electron chi connectivity index (χ4n) is 4.36. The summed E-state index contributed by atoms with van der Waals surface area (Å²) in [5.41, 5.74) is 4.50. The molecule has 0 aromatic heterocycles. The van der Waals surface area contributed by atoms with E-state index in [-0.39, 0.29) is 11.8 Å². The highest BCUT2D eigenvalue weighted by Gasteiger charge is 2.27. The maximum atomic E-state index is 13.2. The third-order valence-electron chi connectivity index (χ3n) is 5.81. The van der Waals surface area contributed by atoms with Crippen molar-refractivity contribution in [1.82, 2.24) is 0 Å².